The zero-order valence-electron chi connectivity index (χ0n) is 15.3. The Morgan fingerprint density at radius 1 is 0.923 bits per heavy atom. The molecule has 26 heavy (non-hydrogen) atoms. The standard InChI is InChI=1S/C23H26O3/c1-16(24)14-19-12-13-20(15-21(25)26)23(18-10-6-3-7-11-18)22(19)17-8-4-2-5-9-17/h2,4-5,8-9,12-13,18H,3,6-7,10-11,14-15H2,1H3,(H,25,26). The van der Waals surface area contributed by atoms with Gasteiger partial charge in [-0.15, -0.1) is 0 Å². The highest BCUT2D eigenvalue weighted by Crippen LogP contribution is 2.42. The van der Waals surface area contributed by atoms with Crippen molar-refractivity contribution < 1.29 is 14.7 Å². The molecule has 2 aromatic carbocycles. The molecule has 2 aromatic rings. The summed E-state index contributed by atoms with van der Waals surface area (Å²) >= 11 is 0. The molecular formula is C23H26O3. The summed E-state index contributed by atoms with van der Waals surface area (Å²) in [5, 5.41) is 9.41. The lowest BCUT2D eigenvalue weighted by Gasteiger charge is -2.28. The van der Waals surface area contributed by atoms with Crippen LogP contribution in [-0.2, 0) is 22.4 Å². The summed E-state index contributed by atoms with van der Waals surface area (Å²) in [5.41, 5.74) is 5.24. The van der Waals surface area contributed by atoms with Crippen LogP contribution in [0.2, 0.25) is 0 Å². The molecule has 136 valence electrons. The number of ketones is 1. The number of hydrogen-bond acceptors (Lipinski definition) is 2. The number of hydrogen-bond donors (Lipinski definition) is 1. The minimum atomic E-state index is -0.805. The summed E-state index contributed by atoms with van der Waals surface area (Å²) in [7, 11) is 0. The molecule has 1 fully saturated rings. The zero-order chi connectivity index (χ0) is 18.5. The number of Topliss-reactive ketones (excluding diaryl/α,β-unsaturated/α-hetero) is 1. The normalized spacial score (nSPS) is 15.0. The molecule has 3 heteroatoms. The molecule has 0 amide bonds. The van der Waals surface area contributed by atoms with Gasteiger partial charge < -0.3 is 5.11 Å². The van der Waals surface area contributed by atoms with Crippen LogP contribution in [0.4, 0.5) is 0 Å². The van der Waals surface area contributed by atoms with Crippen LogP contribution < -0.4 is 0 Å². The van der Waals surface area contributed by atoms with Crippen LogP contribution in [-0.4, -0.2) is 16.9 Å². The largest absolute Gasteiger partial charge is 0.481 e. The first-order chi connectivity index (χ1) is 12.6. The number of carboxylic acid groups (broad SMARTS) is 1. The number of aliphatic carboxylic acids is 1. The van der Waals surface area contributed by atoms with Crippen LogP contribution in [0.3, 0.4) is 0 Å². The molecule has 0 unspecified atom stereocenters. The molecule has 0 atom stereocenters. The number of rotatable bonds is 6. The lowest BCUT2D eigenvalue weighted by Crippen LogP contribution is -2.14. The van der Waals surface area contributed by atoms with Gasteiger partial charge >= 0.3 is 5.97 Å². The molecule has 0 aliphatic heterocycles. The second kappa shape index (κ2) is 8.31. The van der Waals surface area contributed by atoms with E-state index in [1.165, 1.54) is 19.3 Å². The molecule has 1 saturated carbocycles. The van der Waals surface area contributed by atoms with E-state index < -0.39 is 5.97 Å². The van der Waals surface area contributed by atoms with Gasteiger partial charge in [-0.25, -0.2) is 0 Å². The highest BCUT2D eigenvalue weighted by atomic mass is 16.4. The van der Waals surface area contributed by atoms with Gasteiger partial charge in [0.05, 0.1) is 6.42 Å². The Balaban J connectivity index is 2.22. The Morgan fingerprint density at radius 3 is 2.19 bits per heavy atom. The zero-order valence-corrected chi connectivity index (χ0v) is 15.3. The SMILES string of the molecule is CC(=O)Cc1ccc(CC(=O)O)c(C2CCCCC2)c1-c1ccccc1. The van der Waals surface area contributed by atoms with Crippen LogP contribution >= 0.6 is 0 Å². The molecule has 0 aromatic heterocycles. The fourth-order valence-corrected chi connectivity index (χ4v) is 4.24. The van der Waals surface area contributed by atoms with Gasteiger partial charge in [-0.2, -0.15) is 0 Å². The van der Waals surface area contributed by atoms with Crippen molar-refractivity contribution in [3.05, 3.63) is 59.2 Å². The molecule has 1 aliphatic rings. The smallest absolute Gasteiger partial charge is 0.307 e. The molecule has 0 heterocycles. The Kier molecular flexibility index (Phi) is 5.87. The summed E-state index contributed by atoms with van der Waals surface area (Å²) < 4.78 is 0. The maximum atomic E-state index is 11.9. The van der Waals surface area contributed by atoms with E-state index >= 15 is 0 Å². The van der Waals surface area contributed by atoms with Crippen molar-refractivity contribution in [3.8, 4) is 11.1 Å². The quantitative estimate of drug-likeness (QED) is 0.783. The lowest BCUT2D eigenvalue weighted by molar-refractivity contribution is -0.136. The van der Waals surface area contributed by atoms with E-state index in [0.717, 1.165) is 40.7 Å². The Hall–Kier alpha value is -2.42. The fraction of sp³-hybridized carbons (Fsp3) is 0.391. The van der Waals surface area contributed by atoms with E-state index in [0.29, 0.717) is 12.3 Å². The van der Waals surface area contributed by atoms with Crippen molar-refractivity contribution in [1.82, 2.24) is 0 Å². The van der Waals surface area contributed by atoms with Crippen LogP contribution in [0.25, 0.3) is 11.1 Å². The number of carbonyl (C=O) groups excluding carboxylic acids is 1. The highest BCUT2D eigenvalue weighted by Gasteiger charge is 2.25. The number of carbonyl (C=O) groups is 2. The van der Waals surface area contributed by atoms with E-state index in [2.05, 4.69) is 12.1 Å². The first-order valence-electron chi connectivity index (χ1n) is 9.47. The van der Waals surface area contributed by atoms with Gasteiger partial charge in [0.25, 0.3) is 0 Å². The summed E-state index contributed by atoms with van der Waals surface area (Å²) in [6.07, 6.45) is 6.22. The van der Waals surface area contributed by atoms with Gasteiger partial charge in [-0.3, -0.25) is 9.59 Å². The third-order valence-corrected chi connectivity index (χ3v) is 5.28. The van der Waals surface area contributed by atoms with E-state index in [9.17, 15) is 14.7 Å². The Labute approximate surface area is 155 Å². The third kappa shape index (κ3) is 4.21. The lowest BCUT2D eigenvalue weighted by atomic mass is 9.76. The fourth-order valence-electron chi connectivity index (χ4n) is 4.24. The summed E-state index contributed by atoms with van der Waals surface area (Å²) in [6, 6.07) is 14.0. The molecule has 3 rings (SSSR count). The average Bonchev–Trinajstić information content (AvgIpc) is 2.63. The predicted molar refractivity (Wildman–Crippen MR) is 103 cm³/mol. The molecule has 0 bridgehead atoms. The Morgan fingerprint density at radius 2 is 1.58 bits per heavy atom. The maximum absolute atomic E-state index is 11.9. The molecule has 1 N–H and O–H groups in total. The maximum Gasteiger partial charge on any atom is 0.307 e. The van der Waals surface area contributed by atoms with Crippen LogP contribution in [0.1, 0.15) is 61.6 Å². The van der Waals surface area contributed by atoms with Crippen molar-refractivity contribution in [3.63, 3.8) is 0 Å². The summed E-state index contributed by atoms with van der Waals surface area (Å²) in [4.78, 5) is 23.3. The monoisotopic (exact) mass is 350 g/mol. The molecular weight excluding hydrogens is 324 g/mol. The predicted octanol–water partition coefficient (Wildman–Crippen LogP) is 5.16. The van der Waals surface area contributed by atoms with Crippen molar-refractivity contribution in [2.24, 2.45) is 0 Å². The Bertz CT molecular complexity index is 787. The van der Waals surface area contributed by atoms with Crippen molar-refractivity contribution in [2.75, 3.05) is 0 Å². The first kappa shape index (κ1) is 18.4. The number of benzene rings is 2. The molecule has 0 saturated heterocycles. The van der Waals surface area contributed by atoms with Crippen molar-refractivity contribution in [2.45, 2.75) is 57.8 Å². The topological polar surface area (TPSA) is 54.4 Å². The van der Waals surface area contributed by atoms with Crippen LogP contribution in [0.5, 0.6) is 0 Å². The van der Waals surface area contributed by atoms with E-state index in [-0.39, 0.29) is 12.2 Å². The van der Waals surface area contributed by atoms with Gasteiger partial charge in [0.1, 0.15) is 5.78 Å². The van der Waals surface area contributed by atoms with Crippen molar-refractivity contribution >= 4 is 11.8 Å². The van der Waals surface area contributed by atoms with E-state index in [4.69, 9.17) is 0 Å². The third-order valence-electron chi connectivity index (χ3n) is 5.28. The van der Waals surface area contributed by atoms with Crippen molar-refractivity contribution in [1.29, 1.82) is 0 Å². The van der Waals surface area contributed by atoms with Gasteiger partial charge in [-0.05, 0) is 53.5 Å². The number of carboxylic acids is 1. The minimum Gasteiger partial charge on any atom is -0.481 e. The van der Waals surface area contributed by atoms with E-state index in [1.54, 1.807) is 6.92 Å². The van der Waals surface area contributed by atoms with Crippen LogP contribution in [0.15, 0.2) is 42.5 Å². The van der Waals surface area contributed by atoms with Gasteiger partial charge in [0.15, 0.2) is 0 Å². The van der Waals surface area contributed by atoms with E-state index in [1.807, 2.05) is 30.3 Å². The first-order valence-corrected chi connectivity index (χ1v) is 9.47. The second-order valence-corrected chi connectivity index (χ2v) is 7.32. The summed E-state index contributed by atoms with van der Waals surface area (Å²) in [6.45, 7) is 1.61. The average molecular weight is 350 g/mol. The molecule has 0 spiro atoms. The minimum absolute atomic E-state index is 0.0337. The van der Waals surface area contributed by atoms with Gasteiger partial charge in [-0.1, -0.05) is 61.7 Å². The molecule has 3 nitrogen and oxygen atoms in total. The molecule has 1 aliphatic carbocycles. The molecule has 0 radical (unpaired) electrons. The van der Waals surface area contributed by atoms with Crippen LogP contribution in [0, 0.1) is 0 Å². The van der Waals surface area contributed by atoms with Gasteiger partial charge in [0.2, 0.25) is 0 Å². The second-order valence-electron chi connectivity index (χ2n) is 7.32. The highest BCUT2D eigenvalue weighted by molar-refractivity contribution is 5.84. The summed E-state index contributed by atoms with van der Waals surface area (Å²) in [5.74, 6) is -0.302. The van der Waals surface area contributed by atoms with Gasteiger partial charge in [0, 0.05) is 6.42 Å².